The van der Waals surface area contributed by atoms with Crippen molar-refractivity contribution in [3.05, 3.63) is 58.1 Å². The van der Waals surface area contributed by atoms with Crippen LogP contribution in [0.5, 0.6) is 0 Å². The Morgan fingerprint density at radius 3 is 2.77 bits per heavy atom. The fraction of sp³-hybridized carbons (Fsp3) is 0.350. The van der Waals surface area contributed by atoms with E-state index >= 15 is 0 Å². The molecule has 26 heavy (non-hydrogen) atoms. The van der Waals surface area contributed by atoms with Gasteiger partial charge in [-0.3, -0.25) is 0 Å². The molecule has 1 saturated carbocycles. The lowest BCUT2D eigenvalue weighted by Gasteiger charge is -2.30. The van der Waals surface area contributed by atoms with Gasteiger partial charge in [0.05, 0.1) is 17.6 Å². The Hall–Kier alpha value is -1.75. The highest BCUT2D eigenvalue weighted by Crippen LogP contribution is 2.28. The minimum atomic E-state index is 0.159. The predicted octanol–water partition coefficient (Wildman–Crippen LogP) is 5.07. The maximum atomic E-state index is 6.40. The molecule has 1 aliphatic carbocycles. The highest BCUT2D eigenvalue weighted by molar-refractivity contribution is 6.33. The minimum absolute atomic E-state index is 0.159. The summed E-state index contributed by atoms with van der Waals surface area (Å²) in [6.45, 7) is 0.601. The molecule has 0 unspecified atom stereocenters. The number of nitrogens with one attached hydrogen (secondary N) is 1. The lowest BCUT2D eigenvalue weighted by atomic mass is 9.91. The zero-order valence-electron chi connectivity index (χ0n) is 14.5. The molecule has 4 nitrogen and oxygen atoms in total. The second kappa shape index (κ2) is 7.47. The molecule has 0 saturated heterocycles. The second-order valence-corrected chi connectivity index (χ2v) is 7.79. The monoisotopic (exact) mass is 388 g/mol. The number of aromatic nitrogens is 2. The van der Waals surface area contributed by atoms with Crippen molar-refractivity contribution in [2.75, 3.05) is 5.32 Å². The number of fused-ring (bicyclic) bond motifs is 1. The summed E-state index contributed by atoms with van der Waals surface area (Å²) in [7, 11) is 0. The number of rotatable bonds is 4. The van der Waals surface area contributed by atoms with E-state index in [1.165, 1.54) is 12.8 Å². The lowest BCUT2D eigenvalue weighted by molar-refractivity contribution is 0.401. The molecule has 1 aliphatic rings. The Kier molecular flexibility index (Phi) is 5.07. The number of hydrogen-bond donors (Lipinski definition) is 2. The van der Waals surface area contributed by atoms with E-state index in [0.29, 0.717) is 16.6 Å². The van der Waals surface area contributed by atoms with Gasteiger partial charge in [0.15, 0.2) is 0 Å². The summed E-state index contributed by atoms with van der Waals surface area (Å²) in [5, 5.41) is 4.97. The fourth-order valence-corrected chi connectivity index (χ4v) is 4.06. The van der Waals surface area contributed by atoms with Crippen LogP contribution in [0.15, 0.2) is 42.5 Å². The molecule has 0 aliphatic heterocycles. The van der Waals surface area contributed by atoms with Gasteiger partial charge in [-0.25, -0.2) is 4.98 Å². The van der Waals surface area contributed by atoms with Gasteiger partial charge in [-0.15, -0.1) is 0 Å². The molecule has 3 aromatic rings. The van der Waals surface area contributed by atoms with Crippen molar-refractivity contribution in [2.24, 2.45) is 5.73 Å². The van der Waals surface area contributed by atoms with E-state index in [1.807, 2.05) is 30.3 Å². The molecule has 2 atom stereocenters. The summed E-state index contributed by atoms with van der Waals surface area (Å²) in [5.74, 6) is 0.838. The zero-order valence-corrected chi connectivity index (χ0v) is 16.0. The number of benzene rings is 2. The summed E-state index contributed by atoms with van der Waals surface area (Å²) in [4.78, 5) is 4.81. The van der Waals surface area contributed by atoms with Crippen LogP contribution in [-0.2, 0) is 6.54 Å². The lowest BCUT2D eigenvalue weighted by Crippen LogP contribution is -2.43. The molecule has 4 rings (SSSR count). The van der Waals surface area contributed by atoms with Gasteiger partial charge in [-0.1, -0.05) is 48.2 Å². The third-order valence-corrected chi connectivity index (χ3v) is 5.73. The zero-order chi connectivity index (χ0) is 18.1. The smallest absolute Gasteiger partial charge is 0.204 e. The minimum Gasteiger partial charge on any atom is -0.351 e. The van der Waals surface area contributed by atoms with E-state index in [1.54, 1.807) is 6.07 Å². The quantitative estimate of drug-likeness (QED) is 0.655. The highest BCUT2D eigenvalue weighted by Gasteiger charge is 2.24. The Balaban J connectivity index is 1.73. The van der Waals surface area contributed by atoms with E-state index in [9.17, 15) is 0 Å². The van der Waals surface area contributed by atoms with E-state index in [-0.39, 0.29) is 12.1 Å². The van der Waals surface area contributed by atoms with Crippen molar-refractivity contribution >= 4 is 40.2 Å². The van der Waals surface area contributed by atoms with Crippen molar-refractivity contribution in [1.29, 1.82) is 0 Å². The molecular weight excluding hydrogens is 367 g/mol. The van der Waals surface area contributed by atoms with Crippen molar-refractivity contribution in [2.45, 2.75) is 44.3 Å². The number of nitrogens with zero attached hydrogens (tertiary/aromatic N) is 2. The van der Waals surface area contributed by atoms with E-state index < -0.39 is 0 Å². The van der Waals surface area contributed by atoms with E-state index in [0.717, 1.165) is 35.4 Å². The van der Waals surface area contributed by atoms with E-state index in [2.05, 4.69) is 16.0 Å². The van der Waals surface area contributed by atoms with Crippen LogP contribution < -0.4 is 11.1 Å². The van der Waals surface area contributed by atoms with Crippen LogP contribution in [0.25, 0.3) is 11.0 Å². The Labute approximate surface area is 163 Å². The first kappa shape index (κ1) is 17.7. The number of hydrogen-bond acceptors (Lipinski definition) is 3. The topological polar surface area (TPSA) is 55.9 Å². The highest BCUT2D eigenvalue weighted by atomic mass is 35.5. The molecule has 0 bridgehead atoms. The molecule has 1 fully saturated rings. The summed E-state index contributed by atoms with van der Waals surface area (Å²) in [6.07, 6.45) is 4.53. The van der Waals surface area contributed by atoms with Gasteiger partial charge in [-0.2, -0.15) is 0 Å². The number of para-hydroxylation sites is 2. The standard InChI is InChI=1S/C20H22Cl2N4/c21-14-9-10-15(22)13(11-14)12-26-19-8-4-3-7-18(19)25-20(26)24-17-6-2-1-5-16(17)23/h3-4,7-11,16-17H,1-2,5-6,12,23H2,(H,24,25)/t16-,17+/m1/s1. The molecule has 0 spiro atoms. The molecule has 1 heterocycles. The Morgan fingerprint density at radius 1 is 1.12 bits per heavy atom. The molecule has 136 valence electrons. The average Bonchev–Trinajstić information content (AvgIpc) is 2.97. The Morgan fingerprint density at radius 2 is 1.92 bits per heavy atom. The number of anilines is 1. The number of halogens is 2. The van der Waals surface area contributed by atoms with Crippen molar-refractivity contribution in [3.8, 4) is 0 Å². The van der Waals surface area contributed by atoms with Crippen LogP contribution in [0.4, 0.5) is 5.95 Å². The third kappa shape index (κ3) is 3.54. The summed E-state index contributed by atoms with van der Waals surface area (Å²) < 4.78 is 2.16. The van der Waals surface area contributed by atoms with E-state index in [4.69, 9.17) is 33.9 Å². The molecule has 0 radical (unpaired) electrons. The maximum Gasteiger partial charge on any atom is 0.204 e. The first-order chi connectivity index (χ1) is 12.6. The van der Waals surface area contributed by atoms with Gasteiger partial charge in [0.1, 0.15) is 0 Å². The molecule has 2 aromatic carbocycles. The molecule has 0 amide bonds. The maximum absolute atomic E-state index is 6.40. The Bertz CT molecular complexity index is 921. The predicted molar refractivity (Wildman–Crippen MR) is 109 cm³/mol. The van der Waals surface area contributed by atoms with Crippen molar-refractivity contribution in [1.82, 2.24) is 9.55 Å². The number of imidazole rings is 1. The third-order valence-electron chi connectivity index (χ3n) is 5.12. The van der Waals surface area contributed by atoms with Gasteiger partial charge >= 0.3 is 0 Å². The largest absolute Gasteiger partial charge is 0.351 e. The average molecular weight is 389 g/mol. The fourth-order valence-electron chi connectivity index (χ4n) is 3.69. The summed E-state index contributed by atoms with van der Waals surface area (Å²) >= 11 is 12.6. The molecular formula is C20H22Cl2N4. The van der Waals surface area contributed by atoms with Crippen LogP contribution in [-0.4, -0.2) is 21.6 Å². The van der Waals surface area contributed by atoms with Crippen LogP contribution >= 0.6 is 23.2 Å². The SMILES string of the molecule is N[C@@H]1CCCC[C@@H]1Nc1nc2ccccc2n1Cc1cc(Cl)ccc1Cl. The molecule has 6 heteroatoms. The normalized spacial score (nSPS) is 20.4. The van der Waals surface area contributed by atoms with Gasteiger partial charge in [0.2, 0.25) is 5.95 Å². The summed E-state index contributed by atoms with van der Waals surface area (Å²) in [5.41, 5.74) is 9.32. The molecule has 1 aromatic heterocycles. The van der Waals surface area contributed by atoms with Crippen LogP contribution in [0.3, 0.4) is 0 Å². The van der Waals surface area contributed by atoms with Gasteiger partial charge < -0.3 is 15.6 Å². The first-order valence-corrected chi connectivity index (χ1v) is 9.79. The van der Waals surface area contributed by atoms with Crippen LogP contribution in [0, 0.1) is 0 Å². The second-order valence-electron chi connectivity index (χ2n) is 6.95. The first-order valence-electron chi connectivity index (χ1n) is 9.03. The summed E-state index contributed by atoms with van der Waals surface area (Å²) in [6, 6.07) is 14.1. The van der Waals surface area contributed by atoms with Crippen LogP contribution in [0.1, 0.15) is 31.2 Å². The number of nitrogens with two attached hydrogens (primary N) is 1. The van der Waals surface area contributed by atoms with Gasteiger partial charge in [0.25, 0.3) is 0 Å². The molecule has 3 N–H and O–H groups in total. The van der Waals surface area contributed by atoms with Crippen LogP contribution in [0.2, 0.25) is 10.0 Å². The van der Waals surface area contributed by atoms with Crippen molar-refractivity contribution < 1.29 is 0 Å². The van der Waals surface area contributed by atoms with Gasteiger partial charge in [-0.05, 0) is 48.7 Å². The van der Waals surface area contributed by atoms with Crippen molar-refractivity contribution in [3.63, 3.8) is 0 Å². The van der Waals surface area contributed by atoms with Gasteiger partial charge in [0, 0.05) is 22.1 Å².